The Morgan fingerprint density at radius 1 is 1.32 bits per heavy atom. The highest BCUT2D eigenvalue weighted by molar-refractivity contribution is 6.01. The van der Waals surface area contributed by atoms with Crippen molar-refractivity contribution in [2.24, 2.45) is 0 Å². The summed E-state index contributed by atoms with van der Waals surface area (Å²) < 4.78 is 14.6. The Balaban J connectivity index is 0.00000280. The molecule has 8 nitrogen and oxygen atoms in total. The zero-order chi connectivity index (χ0) is 19.6. The molecule has 10 heteroatoms. The van der Waals surface area contributed by atoms with Crippen molar-refractivity contribution in [2.45, 2.75) is 43.7 Å². The van der Waals surface area contributed by atoms with Crippen molar-refractivity contribution in [1.29, 1.82) is 0 Å². The second-order valence-electron chi connectivity index (χ2n) is 7.10. The fourth-order valence-corrected chi connectivity index (χ4v) is 3.51. The van der Waals surface area contributed by atoms with E-state index in [1.165, 1.54) is 6.07 Å². The normalized spacial score (nSPS) is 21.5. The Morgan fingerprint density at radius 3 is 2.57 bits per heavy atom. The number of anilines is 2. The molecule has 2 fully saturated rings. The largest absolute Gasteiger partial charge is 0.481 e. The summed E-state index contributed by atoms with van der Waals surface area (Å²) in [5.74, 6) is -2.27. The predicted octanol–water partition coefficient (Wildman–Crippen LogP) is 1.27. The highest BCUT2D eigenvalue weighted by Crippen LogP contribution is 2.31. The summed E-state index contributed by atoms with van der Waals surface area (Å²) >= 11 is 0. The molecule has 1 aromatic rings. The molecule has 0 saturated carbocycles. The van der Waals surface area contributed by atoms with Crippen LogP contribution in [-0.4, -0.2) is 52.7 Å². The standard InChI is InChI=1S/C18H22FN3O5.ClH/c19-12-9-11(20-13-2-4-15(23)21-17(13)26)1-3-14(12)22-7-5-18(27,6-8-22)10-16(24)25;/h1,3,9,13,20,27H,2,4-8,10H2,(H,24,25)(H,21,23,26);1H. The number of carbonyl (C=O) groups is 3. The van der Waals surface area contributed by atoms with Crippen LogP contribution in [0.15, 0.2) is 18.2 Å². The summed E-state index contributed by atoms with van der Waals surface area (Å²) in [5, 5.41) is 24.3. The molecule has 1 atom stereocenters. The number of aliphatic carboxylic acids is 1. The van der Waals surface area contributed by atoms with E-state index in [1.54, 1.807) is 17.0 Å². The van der Waals surface area contributed by atoms with Crippen LogP contribution in [0.3, 0.4) is 0 Å². The number of hydrogen-bond acceptors (Lipinski definition) is 6. The van der Waals surface area contributed by atoms with Crippen molar-refractivity contribution >= 4 is 41.6 Å². The number of carboxylic acids is 1. The van der Waals surface area contributed by atoms with Crippen molar-refractivity contribution in [1.82, 2.24) is 5.32 Å². The number of carbonyl (C=O) groups excluding carboxylic acids is 2. The van der Waals surface area contributed by atoms with Crippen molar-refractivity contribution < 1.29 is 29.0 Å². The number of amides is 2. The monoisotopic (exact) mass is 415 g/mol. The quantitative estimate of drug-likeness (QED) is 0.535. The van der Waals surface area contributed by atoms with Crippen molar-refractivity contribution in [3.05, 3.63) is 24.0 Å². The van der Waals surface area contributed by atoms with Gasteiger partial charge in [0.2, 0.25) is 11.8 Å². The fourth-order valence-electron chi connectivity index (χ4n) is 3.51. The van der Waals surface area contributed by atoms with Crippen LogP contribution in [0.2, 0.25) is 0 Å². The summed E-state index contributed by atoms with van der Waals surface area (Å²) in [5.41, 5.74) is -0.460. The van der Waals surface area contributed by atoms with Crippen LogP contribution in [-0.2, 0) is 14.4 Å². The van der Waals surface area contributed by atoms with Gasteiger partial charge in [-0.2, -0.15) is 0 Å². The van der Waals surface area contributed by atoms with Gasteiger partial charge in [-0.05, 0) is 37.5 Å². The number of carboxylic acid groups (broad SMARTS) is 1. The molecular weight excluding hydrogens is 393 g/mol. The minimum atomic E-state index is -1.26. The summed E-state index contributed by atoms with van der Waals surface area (Å²) in [7, 11) is 0. The number of rotatable bonds is 5. The molecule has 0 radical (unpaired) electrons. The Morgan fingerprint density at radius 2 is 2.00 bits per heavy atom. The molecule has 1 aromatic carbocycles. The summed E-state index contributed by atoms with van der Waals surface area (Å²) in [4.78, 5) is 35.6. The molecule has 2 aliphatic rings. The molecule has 3 rings (SSSR count). The number of imide groups is 1. The molecule has 0 bridgehead atoms. The van der Waals surface area contributed by atoms with Crippen LogP contribution in [0.1, 0.15) is 32.1 Å². The van der Waals surface area contributed by atoms with Crippen LogP contribution in [0.4, 0.5) is 15.8 Å². The van der Waals surface area contributed by atoms with Gasteiger partial charge < -0.3 is 20.4 Å². The van der Waals surface area contributed by atoms with Crippen LogP contribution < -0.4 is 15.5 Å². The zero-order valence-electron chi connectivity index (χ0n) is 15.1. The molecule has 28 heavy (non-hydrogen) atoms. The second kappa shape index (κ2) is 8.74. The van der Waals surface area contributed by atoms with Crippen LogP contribution >= 0.6 is 12.4 Å². The van der Waals surface area contributed by atoms with E-state index < -0.39 is 29.3 Å². The summed E-state index contributed by atoms with van der Waals surface area (Å²) in [6, 6.07) is 3.94. The molecule has 2 heterocycles. The predicted molar refractivity (Wildman–Crippen MR) is 102 cm³/mol. The molecule has 2 aliphatic heterocycles. The zero-order valence-corrected chi connectivity index (χ0v) is 15.9. The minimum Gasteiger partial charge on any atom is -0.481 e. The first-order valence-corrected chi connectivity index (χ1v) is 8.85. The first kappa shape index (κ1) is 21.9. The second-order valence-corrected chi connectivity index (χ2v) is 7.10. The van der Waals surface area contributed by atoms with E-state index in [2.05, 4.69) is 10.6 Å². The Kier molecular flexibility index (Phi) is 6.84. The van der Waals surface area contributed by atoms with E-state index in [1.807, 2.05) is 0 Å². The lowest BCUT2D eigenvalue weighted by Gasteiger charge is -2.38. The summed E-state index contributed by atoms with van der Waals surface area (Å²) in [6.07, 6.45) is 0.751. The molecule has 1 unspecified atom stereocenters. The van der Waals surface area contributed by atoms with Gasteiger partial charge in [0.25, 0.3) is 0 Å². The van der Waals surface area contributed by atoms with E-state index >= 15 is 0 Å². The van der Waals surface area contributed by atoms with Crippen molar-refractivity contribution in [2.75, 3.05) is 23.3 Å². The van der Waals surface area contributed by atoms with Gasteiger partial charge in [-0.25, -0.2) is 4.39 Å². The van der Waals surface area contributed by atoms with Gasteiger partial charge in [-0.1, -0.05) is 0 Å². The maximum Gasteiger partial charge on any atom is 0.306 e. The van der Waals surface area contributed by atoms with Crippen LogP contribution in [0, 0.1) is 5.82 Å². The van der Waals surface area contributed by atoms with Crippen LogP contribution in [0.5, 0.6) is 0 Å². The maximum atomic E-state index is 14.6. The number of hydrogen-bond donors (Lipinski definition) is 4. The number of aliphatic hydroxyl groups is 1. The molecule has 4 N–H and O–H groups in total. The number of benzene rings is 1. The Hall–Kier alpha value is -2.39. The first-order valence-electron chi connectivity index (χ1n) is 8.85. The Bertz CT molecular complexity index is 768. The van der Waals surface area contributed by atoms with Crippen LogP contribution in [0.25, 0.3) is 0 Å². The molecule has 0 spiro atoms. The molecule has 154 valence electrons. The maximum absolute atomic E-state index is 14.6. The Labute approximate surface area is 167 Å². The van der Waals surface area contributed by atoms with E-state index in [-0.39, 0.29) is 44.0 Å². The number of halogens is 2. The van der Waals surface area contributed by atoms with E-state index in [9.17, 15) is 23.9 Å². The number of piperidine rings is 2. The molecular formula is C18H23ClFN3O5. The fraction of sp³-hybridized carbons (Fsp3) is 0.500. The smallest absolute Gasteiger partial charge is 0.306 e. The van der Waals surface area contributed by atoms with E-state index in [0.717, 1.165) is 0 Å². The molecule has 2 saturated heterocycles. The van der Waals surface area contributed by atoms with Gasteiger partial charge in [-0.15, -0.1) is 12.4 Å². The SMILES string of the molecule is Cl.O=C(O)CC1(O)CCN(c2ccc(NC3CCC(=O)NC3=O)cc2F)CC1. The number of nitrogens with one attached hydrogen (secondary N) is 2. The number of nitrogens with zero attached hydrogens (tertiary/aromatic N) is 1. The minimum absolute atomic E-state index is 0. The third-order valence-corrected chi connectivity index (χ3v) is 5.04. The van der Waals surface area contributed by atoms with Gasteiger partial charge in [0, 0.05) is 25.2 Å². The van der Waals surface area contributed by atoms with Gasteiger partial charge in [0.1, 0.15) is 11.9 Å². The lowest BCUT2D eigenvalue weighted by atomic mass is 9.88. The van der Waals surface area contributed by atoms with E-state index in [0.29, 0.717) is 30.9 Å². The third kappa shape index (κ3) is 5.11. The van der Waals surface area contributed by atoms with Gasteiger partial charge in [0.15, 0.2) is 0 Å². The van der Waals surface area contributed by atoms with Crippen molar-refractivity contribution in [3.63, 3.8) is 0 Å². The van der Waals surface area contributed by atoms with Gasteiger partial charge >= 0.3 is 5.97 Å². The molecule has 2 amide bonds. The molecule has 0 aromatic heterocycles. The lowest BCUT2D eigenvalue weighted by Crippen LogP contribution is -2.47. The topological polar surface area (TPSA) is 119 Å². The third-order valence-electron chi connectivity index (χ3n) is 5.04. The highest BCUT2D eigenvalue weighted by Gasteiger charge is 2.35. The van der Waals surface area contributed by atoms with Gasteiger partial charge in [-0.3, -0.25) is 19.7 Å². The van der Waals surface area contributed by atoms with Gasteiger partial charge in [0.05, 0.1) is 17.7 Å². The average molecular weight is 416 g/mol. The highest BCUT2D eigenvalue weighted by atomic mass is 35.5. The van der Waals surface area contributed by atoms with E-state index in [4.69, 9.17) is 5.11 Å². The lowest BCUT2D eigenvalue weighted by molar-refractivity contribution is -0.143. The van der Waals surface area contributed by atoms with Crippen molar-refractivity contribution in [3.8, 4) is 0 Å². The average Bonchev–Trinajstić information content (AvgIpc) is 2.58. The first-order chi connectivity index (χ1) is 12.8. The molecule has 0 aliphatic carbocycles. The summed E-state index contributed by atoms with van der Waals surface area (Å²) in [6.45, 7) is 0.696.